The number of nitrogen functional groups attached to an aromatic ring is 1. The Bertz CT molecular complexity index is 1070. The number of ether oxygens (including phenoxy) is 2. The van der Waals surface area contributed by atoms with Gasteiger partial charge in [-0.15, -0.1) is 6.42 Å². The molecule has 4 rings (SSSR count). The average molecular weight is 438 g/mol. The summed E-state index contributed by atoms with van der Waals surface area (Å²) in [7, 11) is 0. The number of terminal acetylenes is 1. The van der Waals surface area contributed by atoms with Crippen LogP contribution in [0, 0.1) is 24.3 Å². The minimum Gasteiger partial charge on any atom is -0.454 e. The van der Waals surface area contributed by atoms with Crippen LogP contribution in [0.1, 0.15) is 35.3 Å². The van der Waals surface area contributed by atoms with Gasteiger partial charge in [-0.2, -0.15) is 9.37 Å². The molecule has 1 unspecified atom stereocenters. The quantitative estimate of drug-likeness (QED) is 0.417. The third kappa shape index (κ3) is 4.33. The van der Waals surface area contributed by atoms with Crippen LogP contribution in [0.2, 0.25) is 0 Å². The van der Waals surface area contributed by atoms with Gasteiger partial charge in [-0.1, -0.05) is 24.1 Å². The number of rotatable bonds is 5. The standard InChI is InChI=1S/C23H23FN4O4/c1-2-23(13-29)18(31-21(30)15-6-4-3-5-7-15)11-16(32-23)10-14-8-9-17-19(26-12-14)20(25)28-22(24)27-17/h1,3-7,12,14,16,18,29H,8-11,13H2,(H2,25,27,28)/t14?,16-,18-,23+/m0/s1. The van der Waals surface area contributed by atoms with Crippen LogP contribution in [0.15, 0.2) is 35.3 Å². The third-order valence-corrected chi connectivity index (χ3v) is 5.80. The average Bonchev–Trinajstić information content (AvgIpc) is 3.00. The van der Waals surface area contributed by atoms with Gasteiger partial charge in [0, 0.05) is 12.6 Å². The molecule has 1 fully saturated rings. The minimum absolute atomic E-state index is 0.000957. The molecule has 1 aromatic heterocycles. The van der Waals surface area contributed by atoms with Crippen LogP contribution in [-0.4, -0.2) is 51.7 Å². The second kappa shape index (κ2) is 9.02. The number of esters is 1. The van der Waals surface area contributed by atoms with Gasteiger partial charge in [0.25, 0.3) is 0 Å². The lowest BCUT2D eigenvalue weighted by Gasteiger charge is -2.27. The molecule has 32 heavy (non-hydrogen) atoms. The van der Waals surface area contributed by atoms with Crippen LogP contribution in [0.25, 0.3) is 0 Å². The van der Waals surface area contributed by atoms with Crippen molar-refractivity contribution in [1.29, 1.82) is 0 Å². The van der Waals surface area contributed by atoms with Crippen molar-refractivity contribution >= 4 is 23.7 Å². The molecule has 0 aliphatic carbocycles. The number of anilines is 1. The van der Waals surface area contributed by atoms with Crippen molar-refractivity contribution in [2.75, 3.05) is 12.3 Å². The number of nitrogens with zero attached hydrogens (tertiary/aromatic N) is 3. The summed E-state index contributed by atoms with van der Waals surface area (Å²) in [6.45, 7) is -0.484. The van der Waals surface area contributed by atoms with Gasteiger partial charge in [0.1, 0.15) is 11.8 Å². The van der Waals surface area contributed by atoms with E-state index in [-0.39, 0.29) is 17.8 Å². The molecule has 0 saturated carbocycles. The molecular formula is C23H23FN4O4. The van der Waals surface area contributed by atoms with Crippen molar-refractivity contribution in [3.63, 3.8) is 0 Å². The number of aliphatic hydroxyl groups excluding tert-OH is 1. The lowest BCUT2D eigenvalue weighted by atomic mass is 9.93. The molecule has 1 aromatic carbocycles. The van der Waals surface area contributed by atoms with Gasteiger partial charge in [0.2, 0.25) is 0 Å². The molecular weight excluding hydrogens is 415 g/mol. The Morgan fingerprint density at radius 3 is 2.88 bits per heavy atom. The highest BCUT2D eigenvalue weighted by Crippen LogP contribution is 2.37. The van der Waals surface area contributed by atoms with E-state index in [1.165, 1.54) is 0 Å². The van der Waals surface area contributed by atoms with Crippen LogP contribution in [-0.2, 0) is 15.9 Å². The van der Waals surface area contributed by atoms with Crippen LogP contribution in [0.5, 0.6) is 0 Å². The molecule has 0 bridgehead atoms. The molecule has 0 amide bonds. The van der Waals surface area contributed by atoms with E-state index in [4.69, 9.17) is 21.6 Å². The zero-order chi connectivity index (χ0) is 22.7. The second-order valence-electron chi connectivity index (χ2n) is 7.91. The number of aromatic nitrogens is 2. The number of benzene rings is 1. The number of aryl methyl sites for hydroxylation is 1. The molecule has 0 radical (unpaired) electrons. The number of aliphatic hydroxyl groups is 1. The van der Waals surface area contributed by atoms with E-state index < -0.39 is 30.4 Å². The number of aliphatic imine (C=N–C) groups is 1. The second-order valence-corrected chi connectivity index (χ2v) is 7.91. The van der Waals surface area contributed by atoms with Crippen LogP contribution in [0.4, 0.5) is 15.9 Å². The number of fused-ring (bicyclic) bond motifs is 1. The summed E-state index contributed by atoms with van der Waals surface area (Å²) in [5.41, 5.74) is 5.59. The number of carbonyl (C=O) groups is 1. The summed E-state index contributed by atoms with van der Waals surface area (Å²) < 4.78 is 25.2. The highest BCUT2D eigenvalue weighted by molar-refractivity contribution is 5.89. The Labute approximate surface area is 184 Å². The van der Waals surface area contributed by atoms with E-state index in [1.54, 1.807) is 36.5 Å². The molecule has 4 atom stereocenters. The first-order valence-electron chi connectivity index (χ1n) is 10.3. The first-order valence-corrected chi connectivity index (χ1v) is 10.3. The van der Waals surface area contributed by atoms with Crippen molar-refractivity contribution in [3.8, 4) is 12.3 Å². The van der Waals surface area contributed by atoms with E-state index in [0.717, 1.165) is 0 Å². The van der Waals surface area contributed by atoms with Gasteiger partial charge in [-0.3, -0.25) is 4.99 Å². The van der Waals surface area contributed by atoms with Crippen molar-refractivity contribution < 1.29 is 23.8 Å². The molecule has 3 N–H and O–H groups in total. The van der Waals surface area contributed by atoms with Crippen molar-refractivity contribution in [2.24, 2.45) is 10.9 Å². The summed E-state index contributed by atoms with van der Waals surface area (Å²) >= 11 is 0. The fourth-order valence-corrected chi connectivity index (χ4v) is 4.12. The normalized spacial score (nSPS) is 26.7. The Morgan fingerprint density at radius 2 is 2.16 bits per heavy atom. The Kier molecular flexibility index (Phi) is 6.17. The van der Waals surface area contributed by atoms with Crippen LogP contribution < -0.4 is 5.73 Å². The molecule has 2 aliphatic rings. The fraction of sp³-hybridized carbons (Fsp3) is 0.391. The molecule has 166 valence electrons. The van der Waals surface area contributed by atoms with Crippen LogP contribution in [0.3, 0.4) is 0 Å². The Morgan fingerprint density at radius 1 is 1.38 bits per heavy atom. The van der Waals surface area contributed by atoms with Gasteiger partial charge in [0.15, 0.2) is 11.4 Å². The largest absolute Gasteiger partial charge is 0.454 e. The molecule has 9 heteroatoms. The topological polar surface area (TPSA) is 120 Å². The Hall–Kier alpha value is -3.35. The highest BCUT2D eigenvalue weighted by Gasteiger charge is 2.50. The van der Waals surface area contributed by atoms with E-state index in [0.29, 0.717) is 42.6 Å². The van der Waals surface area contributed by atoms with Crippen molar-refractivity contribution in [2.45, 2.75) is 43.5 Å². The van der Waals surface area contributed by atoms with Crippen molar-refractivity contribution in [3.05, 3.63) is 47.7 Å². The van der Waals surface area contributed by atoms with Gasteiger partial charge < -0.3 is 20.3 Å². The number of carbonyl (C=O) groups excluding carboxylic acids is 1. The van der Waals surface area contributed by atoms with E-state index in [1.807, 2.05) is 0 Å². The molecule has 1 saturated heterocycles. The third-order valence-electron chi connectivity index (χ3n) is 5.80. The van der Waals surface area contributed by atoms with Crippen LogP contribution >= 0.6 is 0 Å². The monoisotopic (exact) mass is 438 g/mol. The predicted molar refractivity (Wildman–Crippen MR) is 115 cm³/mol. The zero-order valence-electron chi connectivity index (χ0n) is 17.3. The summed E-state index contributed by atoms with van der Waals surface area (Å²) in [4.78, 5) is 24.2. The fourth-order valence-electron chi connectivity index (χ4n) is 4.12. The summed E-state index contributed by atoms with van der Waals surface area (Å²) in [6.07, 6.45) is 7.33. The lowest BCUT2D eigenvalue weighted by Crippen LogP contribution is -2.44. The van der Waals surface area contributed by atoms with E-state index in [9.17, 15) is 14.3 Å². The highest BCUT2D eigenvalue weighted by atomic mass is 19.1. The lowest BCUT2D eigenvalue weighted by molar-refractivity contribution is -0.0798. The van der Waals surface area contributed by atoms with Crippen molar-refractivity contribution in [1.82, 2.24) is 9.97 Å². The van der Waals surface area contributed by atoms with Gasteiger partial charge in [-0.05, 0) is 37.3 Å². The maximum Gasteiger partial charge on any atom is 0.338 e. The maximum atomic E-state index is 13.5. The molecule has 2 aromatic rings. The molecule has 0 spiro atoms. The van der Waals surface area contributed by atoms with Gasteiger partial charge in [-0.25, -0.2) is 9.78 Å². The zero-order valence-corrected chi connectivity index (χ0v) is 17.3. The Balaban J connectivity index is 1.46. The number of hydrogen-bond acceptors (Lipinski definition) is 8. The number of hydrogen-bond donors (Lipinski definition) is 2. The van der Waals surface area contributed by atoms with E-state index >= 15 is 0 Å². The summed E-state index contributed by atoms with van der Waals surface area (Å²) in [5.74, 6) is 1.92. The van der Waals surface area contributed by atoms with E-state index in [2.05, 4.69) is 20.9 Å². The minimum atomic E-state index is -1.42. The number of halogens is 1. The smallest absolute Gasteiger partial charge is 0.338 e. The molecule has 3 heterocycles. The number of nitrogens with two attached hydrogens (primary N) is 1. The first-order chi connectivity index (χ1) is 15.4. The SMILES string of the molecule is C#C[C@]1(CO)O[C@@H](CC2C=Nc3c(N)nc(F)nc3CC2)C[C@@H]1OC(=O)c1ccccc1. The molecule has 2 aliphatic heterocycles. The molecule has 8 nitrogen and oxygen atoms in total. The maximum absolute atomic E-state index is 13.5. The summed E-state index contributed by atoms with van der Waals surface area (Å²) in [6, 6.07) is 8.55. The van der Waals surface area contributed by atoms with Gasteiger partial charge in [0.05, 0.1) is 24.0 Å². The first kappa shape index (κ1) is 21.9. The summed E-state index contributed by atoms with van der Waals surface area (Å²) in [5, 5.41) is 9.96. The van der Waals surface area contributed by atoms with Gasteiger partial charge >= 0.3 is 12.0 Å². The predicted octanol–water partition coefficient (Wildman–Crippen LogP) is 2.23.